The maximum absolute atomic E-state index is 12.7. The van der Waals surface area contributed by atoms with E-state index in [9.17, 15) is 9.59 Å². The van der Waals surface area contributed by atoms with E-state index in [-0.39, 0.29) is 11.9 Å². The zero-order valence-corrected chi connectivity index (χ0v) is 16.5. The second kappa shape index (κ2) is 10.2. The van der Waals surface area contributed by atoms with Crippen molar-refractivity contribution in [3.63, 3.8) is 0 Å². The Balaban J connectivity index is 1.76. The summed E-state index contributed by atoms with van der Waals surface area (Å²) in [6.07, 6.45) is 2.11. The summed E-state index contributed by atoms with van der Waals surface area (Å²) < 4.78 is 10.1. The predicted molar refractivity (Wildman–Crippen MR) is 104 cm³/mol. The van der Waals surface area contributed by atoms with Gasteiger partial charge < -0.3 is 25.0 Å². The Morgan fingerprint density at radius 1 is 1.11 bits per heavy atom. The molecule has 1 aliphatic heterocycles. The molecule has 3 amide bonds. The van der Waals surface area contributed by atoms with Gasteiger partial charge in [0.1, 0.15) is 5.75 Å². The molecule has 0 aromatic heterocycles. The number of nitrogens with one attached hydrogen (secondary N) is 2. The average molecular weight is 377 g/mol. The number of hydrogen-bond donors (Lipinski definition) is 2. The highest BCUT2D eigenvalue weighted by molar-refractivity contribution is 5.83. The van der Waals surface area contributed by atoms with Gasteiger partial charge in [-0.2, -0.15) is 0 Å². The maximum Gasteiger partial charge on any atom is 0.317 e. The Morgan fingerprint density at radius 2 is 1.78 bits per heavy atom. The normalized spacial score (nSPS) is 15.9. The number of ether oxygens (including phenoxy) is 2. The van der Waals surface area contributed by atoms with Crippen LogP contribution in [-0.2, 0) is 16.1 Å². The summed E-state index contributed by atoms with van der Waals surface area (Å²) in [6.45, 7) is 4.87. The zero-order chi connectivity index (χ0) is 19.7. The van der Waals surface area contributed by atoms with Gasteiger partial charge in [0.05, 0.1) is 7.11 Å². The molecule has 0 saturated carbocycles. The number of hydrogen-bond acceptors (Lipinski definition) is 4. The van der Waals surface area contributed by atoms with Crippen LogP contribution in [0.1, 0.15) is 31.7 Å². The number of likely N-dealkylation sites (tertiary alicyclic amines) is 1. The summed E-state index contributed by atoms with van der Waals surface area (Å²) in [6, 6.07) is 7.59. The Kier molecular flexibility index (Phi) is 7.91. The fourth-order valence-corrected chi connectivity index (χ4v) is 3.09. The number of nitrogens with zero attached hydrogens (tertiary/aromatic N) is 1. The summed E-state index contributed by atoms with van der Waals surface area (Å²) in [4.78, 5) is 26.6. The Labute approximate surface area is 161 Å². The van der Waals surface area contributed by atoms with Crippen LogP contribution in [0.4, 0.5) is 4.79 Å². The molecule has 1 fully saturated rings. The summed E-state index contributed by atoms with van der Waals surface area (Å²) >= 11 is 0. The summed E-state index contributed by atoms with van der Waals surface area (Å²) in [5.41, 5.74) is 0.583. The smallest absolute Gasteiger partial charge is 0.317 e. The van der Waals surface area contributed by atoms with Crippen LogP contribution >= 0.6 is 0 Å². The third-order valence-electron chi connectivity index (χ3n) is 5.12. The minimum atomic E-state index is -0.445. The fraction of sp³-hybridized carbons (Fsp3) is 0.600. The third-order valence-corrected chi connectivity index (χ3v) is 5.12. The van der Waals surface area contributed by atoms with Gasteiger partial charge in [0.15, 0.2) is 0 Å². The Bertz CT molecular complexity index is 610. The number of benzene rings is 1. The topological polar surface area (TPSA) is 79.9 Å². The number of piperidine rings is 1. The molecule has 150 valence electrons. The van der Waals surface area contributed by atoms with Crippen LogP contribution in [0.5, 0.6) is 5.75 Å². The maximum atomic E-state index is 12.7. The highest BCUT2D eigenvalue weighted by atomic mass is 16.5. The van der Waals surface area contributed by atoms with Gasteiger partial charge in [-0.05, 0) is 37.0 Å². The average Bonchev–Trinajstić information content (AvgIpc) is 2.70. The molecule has 27 heavy (non-hydrogen) atoms. The van der Waals surface area contributed by atoms with Crippen molar-refractivity contribution in [1.29, 1.82) is 0 Å². The molecule has 7 nitrogen and oxygen atoms in total. The molecule has 0 bridgehead atoms. The number of amides is 3. The van der Waals surface area contributed by atoms with Crippen LogP contribution in [0.25, 0.3) is 0 Å². The Morgan fingerprint density at radius 3 is 2.37 bits per heavy atom. The molecule has 0 unspecified atom stereocenters. The van der Waals surface area contributed by atoms with Gasteiger partial charge in [-0.25, -0.2) is 4.79 Å². The molecule has 2 rings (SSSR count). The molecule has 1 heterocycles. The molecule has 0 spiro atoms. The van der Waals surface area contributed by atoms with Crippen LogP contribution < -0.4 is 15.4 Å². The molecule has 0 atom stereocenters. The van der Waals surface area contributed by atoms with E-state index in [2.05, 4.69) is 10.6 Å². The number of carbonyl (C=O) groups is 2. The van der Waals surface area contributed by atoms with E-state index >= 15 is 0 Å². The van der Waals surface area contributed by atoms with Gasteiger partial charge >= 0.3 is 6.03 Å². The van der Waals surface area contributed by atoms with E-state index in [1.165, 1.54) is 0 Å². The first-order valence-corrected chi connectivity index (χ1v) is 9.41. The van der Waals surface area contributed by atoms with Crippen molar-refractivity contribution < 1.29 is 19.1 Å². The second-order valence-corrected chi connectivity index (χ2v) is 7.16. The molecule has 1 aromatic rings. The van der Waals surface area contributed by atoms with E-state index in [1.54, 1.807) is 19.1 Å². The van der Waals surface area contributed by atoms with E-state index < -0.39 is 5.41 Å². The fourth-order valence-electron chi connectivity index (χ4n) is 3.09. The predicted octanol–water partition coefficient (Wildman–Crippen LogP) is 2.16. The lowest BCUT2D eigenvalue weighted by atomic mass is 9.79. The van der Waals surface area contributed by atoms with Crippen LogP contribution in [0.15, 0.2) is 24.3 Å². The monoisotopic (exact) mass is 377 g/mol. The number of urea groups is 1. The lowest BCUT2D eigenvalue weighted by Crippen LogP contribution is -2.51. The largest absolute Gasteiger partial charge is 0.497 e. The summed E-state index contributed by atoms with van der Waals surface area (Å²) in [7, 11) is 3.27. The summed E-state index contributed by atoms with van der Waals surface area (Å²) in [5.74, 6) is 0.836. The molecular formula is C20H31N3O4. The van der Waals surface area contributed by atoms with Gasteiger partial charge in [0.2, 0.25) is 5.91 Å². The van der Waals surface area contributed by atoms with Crippen LogP contribution in [0.2, 0.25) is 0 Å². The first-order chi connectivity index (χ1) is 13.0. The number of rotatable bonds is 8. The minimum Gasteiger partial charge on any atom is -0.497 e. The third kappa shape index (κ3) is 6.13. The zero-order valence-electron chi connectivity index (χ0n) is 16.5. The van der Waals surface area contributed by atoms with Gasteiger partial charge in [-0.15, -0.1) is 0 Å². The minimum absolute atomic E-state index is 0.0403. The molecule has 1 aliphatic rings. The number of carbonyl (C=O) groups excluding carboxylic acids is 2. The molecular weight excluding hydrogens is 346 g/mol. The quantitative estimate of drug-likeness (QED) is 0.681. The van der Waals surface area contributed by atoms with Crippen molar-refractivity contribution in [3.8, 4) is 5.75 Å². The van der Waals surface area contributed by atoms with Crippen molar-refractivity contribution >= 4 is 11.9 Å². The molecule has 1 saturated heterocycles. The molecule has 7 heteroatoms. The second-order valence-electron chi connectivity index (χ2n) is 7.16. The van der Waals surface area contributed by atoms with Gasteiger partial charge in [0.25, 0.3) is 0 Å². The van der Waals surface area contributed by atoms with Crippen molar-refractivity contribution in [2.45, 2.75) is 32.7 Å². The van der Waals surface area contributed by atoms with Crippen molar-refractivity contribution in [1.82, 2.24) is 15.5 Å². The van der Waals surface area contributed by atoms with Crippen molar-refractivity contribution in [3.05, 3.63) is 29.8 Å². The van der Waals surface area contributed by atoms with Crippen molar-refractivity contribution in [2.75, 3.05) is 40.5 Å². The van der Waals surface area contributed by atoms with Gasteiger partial charge in [-0.1, -0.05) is 19.1 Å². The van der Waals surface area contributed by atoms with Crippen LogP contribution in [0.3, 0.4) is 0 Å². The van der Waals surface area contributed by atoms with Gasteiger partial charge in [-0.3, -0.25) is 4.79 Å². The van der Waals surface area contributed by atoms with Gasteiger partial charge in [0, 0.05) is 45.3 Å². The van der Waals surface area contributed by atoms with Crippen molar-refractivity contribution in [2.24, 2.45) is 5.41 Å². The van der Waals surface area contributed by atoms with Crippen LogP contribution in [-0.4, -0.2) is 57.3 Å². The van der Waals surface area contributed by atoms with E-state index in [0.717, 1.165) is 17.7 Å². The lowest BCUT2D eigenvalue weighted by molar-refractivity contribution is -0.132. The van der Waals surface area contributed by atoms with E-state index in [4.69, 9.17) is 9.47 Å². The number of methoxy groups -OCH3 is 2. The molecule has 0 radical (unpaired) electrons. The first-order valence-electron chi connectivity index (χ1n) is 9.41. The molecule has 0 aliphatic carbocycles. The highest BCUT2D eigenvalue weighted by Gasteiger charge is 2.37. The molecule has 1 aromatic carbocycles. The van der Waals surface area contributed by atoms with E-state index in [0.29, 0.717) is 45.6 Å². The standard InChI is InChI=1S/C20H31N3O4/c1-20(18(24)22-15-16-5-7-17(27-3)8-6-16)9-12-23(13-10-20)19(25)21-11-4-14-26-2/h5-8H,4,9-15H2,1-3H3,(H,21,25)(H,22,24). The summed E-state index contributed by atoms with van der Waals surface area (Å²) in [5, 5.41) is 5.92. The Hall–Kier alpha value is -2.28. The van der Waals surface area contributed by atoms with Crippen LogP contribution in [0, 0.1) is 5.41 Å². The highest BCUT2D eigenvalue weighted by Crippen LogP contribution is 2.31. The lowest BCUT2D eigenvalue weighted by Gasteiger charge is -2.38. The van der Waals surface area contributed by atoms with E-state index in [1.807, 2.05) is 31.2 Å². The SMILES string of the molecule is COCCCNC(=O)N1CCC(C)(C(=O)NCc2ccc(OC)cc2)CC1. The first kappa shape index (κ1) is 21.0. The molecule has 2 N–H and O–H groups in total.